The Balaban J connectivity index is 2.39. The van der Waals surface area contributed by atoms with Gasteiger partial charge in [-0.1, -0.05) is 38.8 Å². The number of tetrazole rings is 1. The van der Waals surface area contributed by atoms with Crippen molar-refractivity contribution in [3.8, 4) is 11.4 Å². The van der Waals surface area contributed by atoms with Gasteiger partial charge in [0.25, 0.3) is 0 Å². The number of anilines is 1. The Hall–Kier alpha value is -1.91. The molecule has 2 aromatic rings. The number of benzene rings is 1. The Kier molecular flexibility index (Phi) is 4.37. The summed E-state index contributed by atoms with van der Waals surface area (Å²) in [5.74, 6) is 1.36. The third-order valence-electron chi connectivity index (χ3n) is 4.15. The summed E-state index contributed by atoms with van der Waals surface area (Å²) >= 11 is 0. The van der Waals surface area contributed by atoms with E-state index in [1.54, 1.807) is 0 Å². The normalized spacial score (nSPS) is 12.8. The van der Waals surface area contributed by atoms with Crippen molar-refractivity contribution in [2.75, 3.05) is 5.73 Å². The maximum Gasteiger partial charge on any atom is 0.182 e. The molecule has 0 aliphatic heterocycles. The molecule has 1 atom stereocenters. The maximum absolute atomic E-state index is 5.99. The molecule has 0 bridgehead atoms. The van der Waals surface area contributed by atoms with Gasteiger partial charge in [-0.15, -0.1) is 5.10 Å². The van der Waals surface area contributed by atoms with Crippen molar-refractivity contribution >= 4 is 5.69 Å². The van der Waals surface area contributed by atoms with Gasteiger partial charge < -0.3 is 5.73 Å². The molecule has 0 saturated heterocycles. The van der Waals surface area contributed by atoms with Gasteiger partial charge in [-0.05, 0) is 41.8 Å². The highest BCUT2D eigenvalue weighted by molar-refractivity contribution is 5.63. The molecule has 0 saturated carbocycles. The van der Waals surface area contributed by atoms with E-state index in [1.807, 2.05) is 29.8 Å². The van der Waals surface area contributed by atoms with Crippen LogP contribution in [0.4, 0.5) is 5.69 Å². The van der Waals surface area contributed by atoms with E-state index in [0.717, 1.165) is 35.5 Å². The van der Waals surface area contributed by atoms with E-state index >= 15 is 0 Å². The van der Waals surface area contributed by atoms with E-state index < -0.39 is 0 Å². The molecule has 0 amide bonds. The number of hydrogen-bond acceptors (Lipinski definition) is 4. The first-order chi connectivity index (χ1) is 9.58. The topological polar surface area (TPSA) is 69.6 Å². The quantitative estimate of drug-likeness (QED) is 0.849. The molecule has 1 heterocycles. The van der Waals surface area contributed by atoms with E-state index in [-0.39, 0.29) is 6.04 Å². The second-order valence-corrected chi connectivity index (χ2v) is 5.34. The van der Waals surface area contributed by atoms with Crippen LogP contribution in [0.1, 0.15) is 45.2 Å². The summed E-state index contributed by atoms with van der Waals surface area (Å²) in [6.45, 7) is 8.58. The minimum Gasteiger partial charge on any atom is -0.398 e. The zero-order valence-corrected chi connectivity index (χ0v) is 12.7. The molecule has 0 aliphatic carbocycles. The van der Waals surface area contributed by atoms with Gasteiger partial charge in [0.2, 0.25) is 0 Å². The van der Waals surface area contributed by atoms with Gasteiger partial charge in [0, 0.05) is 11.3 Å². The van der Waals surface area contributed by atoms with Crippen LogP contribution >= 0.6 is 0 Å². The van der Waals surface area contributed by atoms with Crippen LogP contribution < -0.4 is 5.73 Å². The molecule has 0 aliphatic rings. The summed E-state index contributed by atoms with van der Waals surface area (Å²) in [6.07, 6.45) is 2.24. The van der Waals surface area contributed by atoms with Gasteiger partial charge in [-0.2, -0.15) is 0 Å². The van der Waals surface area contributed by atoms with Crippen LogP contribution in [0.5, 0.6) is 0 Å². The fraction of sp³-hybridized carbons (Fsp3) is 0.533. The highest BCUT2D eigenvalue weighted by Gasteiger charge is 2.21. The monoisotopic (exact) mass is 273 g/mol. The average molecular weight is 273 g/mol. The molecular formula is C15H23N5. The second kappa shape index (κ2) is 6.03. The lowest BCUT2D eigenvalue weighted by Crippen LogP contribution is -2.18. The molecule has 1 unspecified atom stereocenters. The first-order valence-electron chi connectivity index (χ1n) is 7.22. The van der Waals surface area contributed by atoms with Crippen molar-refractivity contribution in [2.24, 2.45) is 5.92 Å². The fourth-order valence-corrected chi connectivity index (χ4v) is 2.61. The first kappa shape index (κ1) is 14.5. The average Bonchev–Trinajstić information content (AvgIpc) is 2.92. The van der Waals surface area contributed by atoms with Crippen LogP contribution in [0, 0.1) is 12.8 Å². The van der Waals surface area contributed by atoms with E-state index in [2.05, 4.69) is 36.3 Å². The van der Waals surface area contributed by atoms with Gasteiger partial charge in [-0.25, -0.2) is 4.68 Å². The summed E-state index contributed by atoms with van der Waals surface area (Å²) in [4.78, 5) is 0. The molecule has 2 N–H and O–H groups in total. The number of rotatable bonds is 5. The predicted octanol–water partition coefficient (Wildman–Crippen LogP) is 3.23. The summed E-state index contributed by atoms with van der Waals surface area (Å²) in [5, 5.41) is 12.2. The number of nitrogen functional groups attached to an aromatic ring is 1. The highest BCUT2D eigenvalue weighted by Crippen LogP contribution is 2.28. The van der Waals surface area contributed by atoms with Crippen LogP contribution in [-0.4, -0.2) is 20.2 Å². The molecule has 0 spiro atoms. The van der Waals surface area contributed by atoms with Gasteiger partial charge in [0.15, 0.2) is 5.82 Å². The lowest BCUT2D eigenvalue weighted by Gasteiger charge is -2.22. The molecular weight excluding hydrogens is 250 g/mol. The molecule has 5 nitrogen and oxygen atoms in total. The van der Waals surface area contributed by atoms with Crippen LogP contribution in [0.15, 0.2) is 18.2 Å². The lowest BCUT2D eigenvalue weighted by molar-refractivity contribution is 0.309. The van der Waals surface area contributed by atoms with E-state index in [9.17, 15) is 0 Å². The highest BCUT2D eigenvalue weighted by atomic mass is 15.5. The van der Waals surface area contributed by atoms with Crippen LogP contribution in [0.3, 0.4) is 0 Å². The van der Waals surface area contributed by atoms with Crippen molar-refractivity contribution in [1.29, 1.82) is 0 Å². The maximum atomic E-state index is 5.99. The van der Waals surface area contributed by atoms with E-state index in [4.69, 9.17) is 5.73 Å². The summed E-state index contributed by atoms with van der Waals surface area (Å²) in [6, 6.07) is 6.24. The first-order valence-corrected chi connectivity index (χ1v) is 7.22. The Labute approximate surface area is 120 Å². The molecule has 0 fully saturated rings. The Morgan fingerprint density at radius 3 is 2.55 bits per heavy atom. The molecule has 1 aromatic carbocycles. The van der Waals surface area contributed by atoms with Crippen LogP contribution in [0.25, 0.3) is 11.4 Å². The number of nitrogens with two attached hydrogens (primary N) is 1. The third-order valence-corrected chi connectivity index (χ3v) is 4.15. The molecule has 1 aromatic heterocycles. The van der Waals surface area contributed by atoms with Gasteiger partial charge in [-0.3, -0.25) is 0 Å². The van der Waals surface area contributed by atoms with Crippen LogP contribution in [-0.2, 0) is 0 Å². The number of hydrogen-bond donors (Lipinski definition) is 1. The van der Waals surface area contributed by atoms with Crippen molar-refractivity contribution in [3.05, 3.63) is 23.8 Å². The van der Waals surface area contributed by atoms with Crippen molar-refractivity contribution in [2.45, 2.75) is 46.6 Å². The van der Waals surface area contributed by atoms with Crippen molar-refractivity contribution in [3.63, 3.8) is 0 Å². The Morgan fingerprint density at radius 1 is 1.25 bits per heavy atom. The number of aryl methyl sites for hydroxylation is 1. The standard InChI is InChI=1S/C15H23N5/c1-5-12(6-2)11(4)20-15(17-18-19-20)13-8-7-10(3)14(16)9-13/h7-9,11-12H,5-6,16H2,1-4H3. The van der Waals surface area contributed by atoms with Gasteiger partial charge in [0.05, 0.1) is 6.04 Å². The summed E-state index contributed by atoms with van der Waals surface area (Å²) < 4.78 is 1.92. The van der Waals surface area contributed by atoms with Crippen molar-refractivity contribution in [1.82, 2.24) is 20.2 Å². The molecule has 5 heteroatoms. The third kappa shape index (κ3) is 2.66. The van der Waals surface area contributed by atoms with Gasteiger partial charge in [0.1, 0.15) is 0 Å². The zero-order valence-electron chi connectivity index (χ0n) is 12.7. The minimum absolute atomic E-state index is 0.275. The van der Waals surface area contributed by atoms with Crippen molar-refractivity contribution < 1.29 is 0 Å². The largest absolute Gasteiger partial charge is 0.398 e. The SMILES string of the molecule is CCC(CC)C(C)n1nnnc1-c1ccc(C)c(N)c1. The van der Waals surface area contributed by atoms with E-state index in [1.165, 1.54) is 0 Å². The Morgan fingerprint density at radius 2 is 1.95 bits per heavy atom. The molecule has 20 heavy (non-hydrogen) atoms. The summed E-state index contributed by atoms with van der Waals surface area (Å²) in [7, 11) is 0. The lowest BCUT2D eigenvalue weighted by atomic mass is 9.95. The molecule has 0 radical (unpaired) electrons. The molecule has 108 valence electrons. The van der Waals surface area contributed by atoms with Crippen LogP contribution in [0.2, 0.25) is 0 Å². The van der Waals surface area contributed by atoms with Gasteiger partial charge >= 0.3 is 0 Å². The summed E-state index contributed by atoms with van der Waals surface area (Å²) in [5.41, 5.74) is 8.80. The fourth-order valence-electron chi connectivity index (χ4n) is 2.61. The number of aromatic nitrogens is 4. The minimum atomic E-state index is 0.275. The smallest absolute Gasteiger partial charge is 0.182 e. The molecule has 2 rings (SSSR count). The number of nitrogens with zero attached hydrogens (tertiary/aromatic N) is 4. The second-order valence-electron chi connectivity index (χ2n) is 5.34. The Bertz CT molecular complexity index is 571. The zero-order chi connectivity index (χ0) is 14.7. The predicted molar refractivity (Wildman–Crippen MR) is 81.2 cm³/mol. The van der Waals surface area contributed by atoms with E-state index in [0.29, 0.717) is 5.92 Å².